The summed E-state index contributed by atoms with van der Waals surface area (Å²) in [5.41, 5.74) is 0.530. The zero-order chi connectivity index (χ0) is 12.0. The molecule has 0 N–H and O–H groups in total. The standard InChI is InChI=1S/C16H32/c1-5-6-7-8-12-15(16(2,3)4)13-14-10-9-11-14/h14-15H,5-13H2,1-4H3. The molecule has 0 bridgehead atoms. The van der Waals surface area contributed by atoms with Crippen LogP contribution in [0.25, 0.3) is 0 Å². The van der Waals surface area contributed by atoms with E-state index in [9.17, 15) is 0 Å². The lowest BCUT2D eigenvalue weighted by Gasteiger charge is -2.37. The molecule has 1 atom stereocenters. The van der Waals surface area contributed by atoms with E-state index < -0.39 is 0 Å². The summed E-state index contributed by atoms with van der Waals surface area (Å²) in [5, 5.41) is 0. The number of unbranched alkanes of at least 4 members (excludes halogenated alkanes) is 3. The third kappa shape index (κ3) is 4.89. The fourth-order valence-electron chi connectivity index (χ4n) is 2.85. The molecule has 1 fully saturated rings. The van der Waals surface area contributed by atoms with E-state index in [4.69, 9.17) is 0 Å². The summed E-state index contributed by atoms with van der Waals surface area (Å²) in [4.78, 5) is 0. The van der Waals surface area contributed by atoms with Crippen molar-refractivity contribution in [2.75, 3.05) is 0 Å². The van der Waals surface area contributed by atoms with Gasteiger partial charge in [0.25, 0.3) is 0 Å². The van der Waals surface area contributed by atoms with E-state index in [1.165, 1.54) is 57.8 Å². The van der Waals surface area contributed by atoms with Gasteiger partial charge in [-0.25, -0.2) is 0 Å². The molecule has 0 spiro atoms. The van der Waals surface area contributed by atoms with Crippen LogP contribution >= 0.6 is 0 Å². The summed E-state index contributed by atoms with van der Waals surface area (Å²) < 4.78 is 0. The fourth-order valence-corrected chi connectivity index (χ4v) is 2.85. The predicted molar refractivity (Wildman–Crippen MR) is 73.7 cm³/mol. The average Bonchev–Trinajstić information content (AvgIpc) is 2.12. The largest absolute Gasteiger partial charge is 0.0654 e. The van der Waals surface area contributed by atoms with Crippen molar-refractivity contribution in [3.05, 3.63) is 0 Å². The molecule has 1 rings (SSSR count). The molecule has 0 aromatic rings. The topological polar surface area (TPSA) is 0 Å². The molecule has 1 unspecified atom stereocenters. The highest BCUT2D eigenvalue weighted by Gasteiger charge is 2.29. The van der Waals surface area contributed by atoms with Crippen molar-refractivity contribution < 1.29 is 0 Å². The van der Waals surface area contributed by atoms with Crippen LogP contribution in [0.15, 0.2) is 0 Å². The molecular formula is C16H32. The Labute approximate surface area is 103 Å². The molecule has 96 valence electrons. The van der Waals surface area contributed by atoms with Gasteiger partial charge in [0.1, 0.15) is 0 Å². The molecule has 0 nitrogen and oxygen atoms in total. The van der Waals surface area contributed by atoms with E-state index in [1.54, 1.807) is 0 Å². The quantitative estimate of drug-likeness (QED) is 0.479. The second-order valence-corrected chi connectivity index (χ2v) is 6.94. The Bertz CT molecular complexity index is 171. The molecule has 1 aliphatic carbocycles. The first-order valence-corrected chi connectivity index (χ1v) is 7.54. The first kappa shape index (κ1) is 14.1. The summed E-state index contributed by atoms with van der Waals surface area (Å²) in [6.07, 6.45) is 13.2. The average molecular weight is 224 g/mol. The molecule has 1 aliphatic rings. The summed E-state index contributed by atoms with van der Waals surface area (Å²) in [7, 11) is 0. The second kappa shape index (κ2) is 6.67. The van der Waals surface area contributed by atoms with E-state index in [0.717, 1.165) is 11.8 Å². The second-order valence-electron chi connectivity index (χ2n) is 6.94. The molecule has 0 heterocycles. The smallest absolute Gasteiger partial charge is 0.0354 e. The molecule has 0 amide bonds. The van der Waals surface area contributed by atoms with Crippen molar-refractivity contribution in [3.63, 3.8) is 0 Å². The Balaban J connectivity index is 2.26. The van der Waals surface area contributed by atoms with Gasteiger partial charge >= 0.3 is 0 Å². The molecule has 0 aliphatic heterocycles. The van der Waals surface area contributed by atoms with Gasteiger partial charge in [0.15, 0.2) is 0 Å². The van der Waals surface area contributed by atoms with Crippen molar-refractivity contribution in [2.24, 2.45) is 17.3 Å². The van der Waals surface area contributed by atoms with Gasteiger partial charge in [-0.2, -0.15) is 0 Å². The molecule has 0 aromatic carbocycles. The maximum absolute atomic E-state index is 2.44. The van der Waals surface area contributed by atoms with Gasteiger partial charge in [-0.15, -0.1) is 0 Å². The first-order valence-electron chi connectivity index (χ1n) is 7.54. The maximum Gasteiger partial charge on any atom is -0.0354 e. The lowest BCUT2D eigenvalue weighted by Crippen LogP contribution is -2.25. The normalized spacial score (nSPS) is 19.5. The molecular weight excluding hydrogens is 192 g/mol. The molecule has 0 heteroatoms. The van der Waals surface area contributed by atoms with Gasteiger partial charge in [-0.3, -0.25) is 0 Å². The van der Waals surface area contributed by atoms with Crippen molar-refractivity contribution in [1.82, 2.24) is 0 Å². The number of hydrogen-bond donors (Lipinski definition) is 0. The third-order valence-corrected chi connectivity index (χ3v) is 4.47. The fraction of sp³-hybridized carbons (Fsp3) is 1.00. The van der Waals surface area contributed by atoms with E-state index >= 15 is 0 Å². The zero-order valence-electron chi connectivity index (χ0n) is 12.0. The van der Waals surface area contributed by atoms with Crippen LogP contribution in [0.5, 0.6) is 0 Å². The minimum absolute atomic E-state index is 0.530. The lowest BCUT2D eigenvalue weighted by atomic mass is 9.69. The third-order valence-electron chi connectivity index (χ3n) is 4.47. The summed E-state index contributed by atoms with van der Waals surface area (Å²) in [6, 6.07) is 0. The van der Waals surface area contributed by atoms with Crippen LogP contribution in [0.2, 0.25) is 0 Å². The van der Waals surface area contributed by atoms with Crippen LogP contribution in [0.4, 0.5) is 0 Å². The van der Waals surface area contributed by atoms with Crippen molar-refractivity contribution >= 4 is 0 Å². The van der Waals surface area contributed by atoms with Crippen LogP contribution in [0.3, 0.4) is 0 Å². The van der Waals surface area contributed by atoms with Crippen LogP contribution < -0.4 is 0 Å². The Morgan fingerprint density at radius 1 is 1.06 bits per heavy atom. The Morgan fingerprint density at radius 2 is 1.75 bits per heavy atom. The minimum atomic E-state index is 0.530. The van der Waals surface area contributed by atoms with Gasteiger partial charge in [0, 0.05) is 0 Å². The molecule has 0 aromatic heterocycles. The molecule has 16 heavy (non-hydrogen) atoms. The highest BCUT2D eigenvalue weighted by Crippen LogP contribution is 2.41. The molecule has 0 saturated heterocycles. The Kier molecular flexibility index (Phi) is 5.86. The highest BCUT2D eigenvalue weighted by molar-refractivity contribution is 4.80. The summed E-state index contributed by atoms with van der Waals surface area (Å²) >= 11 is 0. The lowest BCUT2D eigenvalue weighted by molar-refractivity contribution is 0.145. The summed E-state index contributed by atoms with van der Waals surface area (Å²) in [6.45, 7) is 9.62. The van der Waals surface area contributed by atoms with Gasteiger partial charge in [-0.05, 0) is 30.1 Å². The maximum atomic E-state index is 2.44. The first-order chi connectivity index (χ1) is 7.54. The van der Waals surface area contributed by atoms with Crippen LogP contribution in [0.1, 0.15) is 85.5 Å². The van der Waals surface area contributed by atoms with E-state index in [0.29, 0.717) is 5.41 Å². The van der Waals surface area contributed by atoms with Crippen molar-refractivity contribution in [2.45, 2.75) is 85.5 Å². The number of hydrogen-bond acceptors (Lipinski definition) is 0. The van der Waals surface area contributed by atoms with Crippen LogP contribution in [0, 0.1) is 17.3 Å². The van der Waals surface area contributed by atoms with Crippen LogP contribution in [-0.2, 0) is 0 Å². The summed E-state index contributed by atoms with van der Waals surface area (Å²) in [5.74, 6) is 2.05. The van der Waals surface area contributed by atoms with Gasteiger partial charge in [0.05, 0.1) is 0 Å². The highest BCUT2D eigenvalue weighted by atomic mass is 14.3. The minimum Gasteiger partial charge on any atom is -0.0654 e. The predicted octanol–water partition coefficient (Wildman–Crippen LogP) is 5.81. The van der Waals surface area contributed by atoms with Crippen LogP contribution in [-0.4, -0.2) is 0 Å². The van der Waals surface area contributed by atoms with E-state index in [-0.39, 0.29) is 0 Å². The van der Waals surface area contributed by atoms with E-state index in [1.807, 2.05) is 0 Å². The SMILES string of the molecule is CCCCCCC(CC1CCC1)C(C)(C)C. The van der Waals surface area contributed by atoms with E-state index in [2.05, 4.69) is 27.7 Å². The zero-order valence-corrected chi connectivity index (χ0v) is 12.0. The van der Waals surface area contributed by atoms with Crippen molar-refractivity contribution in [1.29, 1.82) is 0 Å². The van der Waals surface area contributed by atoms with Gasteiger partial charge < -0.3 is 0 Å². The number of rotatable bonds is 7. The monoisotopic (exact) mass is 224 g/mol. The Hall–Kier alpha value is 0. The molecule has 0 radical (unpaired) electrons. The van der Waals surface area contributed by atoms with Gasteiger partial charge in [0.2, 0.25) is 0 Å². The molecule has 1 saturated carbocycles. The Morgan fingerprint density at radius 3 is 2.19 bits per heavy atom. The van der Waals surface area contributed by atoms with Gasteiger partial charge in [-0.1, -0.05) is 72.6 Å². The van der Waals surface area contributed by atoms with Crippen molar-refractivity contribution in [3.8, 4) is 0 Å².